The van der Waals surface area contributed by atoms with Gasteiger partial charge in [0.1, 0.15) is 0 Å². The highest BCUT2D eigenvalue weighted by molar-refractivity contribution is 7.90. The van der Waals surface area contributed by atoms with E-state index in [-0.39, 0.29) is 16.8 Å². The first kappa shape index (κ1) is 15.9. The molecule has 8 heteroatoms. The predicted molar refractivity (Wildman–Crippen MR) is 84.2 cm³/mol. The minimum atomic E-state index is -3.55. The van der Waals surface area contributed by atoms with Gasteiger partial charge in [0.25, 0.3) is 5.91 Å². The minimum Gasteiger partial charge on any atom is -0.377 e. The molecule has 0 aromatic carbocycles. The molecule has 124 valence electrons. The van der Waals surface area contributed by atoms with Crippen molar-refractivity contribution >= 4 is 21.3 Å². The summed E-state index contributed by atoms with van der Waals surface area (Å²) in [6.07, 6.45) is 2.68. The fourth-order valence-electron chi connectivity index (χ4n) is 2.79. The molecule has 0 N–H and O–H groups in total. The van der Waals surface area contributed by atoms with Crippen LogP contribution in [0.5, 0.6) is 0 Å². The highest BCUT2D eigenvalue weighted by Gasteiger charge is 2.37. The van der Waals surface area contributed by atoms with Gasteiger partial charge in [-0.2, -0.15) is 0 Å². The number of carbonyl (C=O) groups is 1. The number of nitrogens with zero attached hydrogens (tertiary/aromatic N) is 3. The summed E-state index contributed by atoms with van der Waals surface area (Å²) in [6.45, 7) is 5.18. The maximum atomic E-state index is 13.0. The van der Waals surface area contributed by atoms with E-state index >= 15 is 0 Å². The van der Waals surface area contributed by atoms with Crippen LogP contribution < -0.4 is 0 Å². The number of amides is 1. The number of carbonyl (C=O) groups excluding carboxylic acids is 1. The number of ether oxygens (including phenoxy) is 1. The second kappa shape index (κ2) is 5.31. The number of rotatable bonds is 2. The van der Waals surface area contributed by atoms with Crippen molar-refractivity contribution in [2.24, 2.45) is 0 Å². The Morgan fingerprint density at radius 3 is 2.74 bits per heavy atom. The quantitative estimate of drug-likeness (QED) is 0.816. The number of hydrogen-bond acceptors (Lipinski definition) is 5. The molecule has 2 aromatic heterocycles. The van der Waals surface area contributed by atoms with Crippen LogP contribution in [0.15, 0.2) is 29.6 Å². The zero-order valence-corrected chi connectivity index (χ0v) is 14.1. The van der Waals surface area contributed by atoms with Crippen molar-refractivity contribution in [2.75, 3.05) is 26.0 Å². The summed E-state index contributed by atoms with van der Waals surface area (Å²) in [4.78, 5) is 18.8. The van der Waals surface area contributed by atoms with E-state index in [1.54, 1.807) is 29.3 Å². The molecule has 0 spiro atoms. The lowest BCUT2D eigenvalue weighted by atomic mass is 10.0. The van der Waals surface area contributed by atoms with Crippen LogP contribution in [-0.2, 0) is 14.6 Å². The van der Waals surface area contributed by atoms with Gasteiger partial charge in [-0.05, 0) is 26.0 Å². The molecule has 1 saturated heterocycles. The van der Waals surface area contributed by atoms with Crippen LogP contribution in [0.3, 0.4) is 0 Å². The van der Waals surface area contributed by atoms with Gasteiger partial charge in [0.05, 0.1) is 24.3 Å². The summed E-state index contributed by atoms with van der Waals surface area (Å²) in [6, 6.07) is 5.16. The van der Waals surface area contributed by atoms with Crippen LogP contribution in [0.25, 0.3) is 5.52 Å². The molecule has 0 unspecified atom stereocenters. The second-order valence-corrected chi connectivity index (χ2v) is 8.20. The summed E-state index contributed by atoms with van der Waals surface area (Å²) in [5.74, 6) is -0.281. The summed E-state index contributed by atoms with van der Waals surface area (Å²) < 4.78 is 30.8. The van der Waals surface area contributed by atoms with Crippen LogP contribution >= 0.6 is 0 Å². The van der Waals surface area contributed by atoms with Crippen molar-refractivity contribution in [3.8, 4) is 0 Å². The van der Waals surface area contributed by atoms with E-state index in [0.29, 0.717) is 25.3 Å². The fraction of sp³-hybridized carbons (Fsp3) is 0.467. The number of sulfone groups is 1. The van der Waals surface area contributed by atoms with Gasteiger partial charge in [-0.1, -0.05) is 6.07 Å². The number of morpholine rings is 1. The van der Waals surface area contributed by atoms with Gasteiger partial charge in [0.2, 0.25) is 15.0 Å². The SMILES string of the molecule is CC1(C)COCCN1C(=O)c1nc(S(C)(=O)=O)n2ccccc12. The molecule has 7 nitrogen and oxygen atoms in total. The first-order valence-electron chi connectivity index (χ1n) is 7.29. The average molecular weight is 337 g/mol. The highest BCUT2D eigenvalue weighted by atomic mass is 32.2. The van der Waals surface area contributed by atoms with Crippen LogP contribution in [0.1, 0.15) is 24.3 Å². The van der Waals surface area contributed by atoms with E-state index in [4.69, 9.17) is 4.74 Å². The number of hydrogen-bond donors (Lipinski definition) is 0. The molecule has 1 amide bonds. The minimum absolute atomic E-state index is 0.123. The van der Waals surface area contributed by atoms with Crippen molar-refractivity contribution in [3.05, 3.63) is 30.1 Å². The monoisotopic (exact) mass is 337 g/mol. The zero-order valence-electron chi connectivity index (χ0n) is 13.3. The Morgan fingerprint density at radius 2 is 2.09 bits per heavy atom. The second-order valence-electron chi connectivity index (χ2n) is 6.29. The Kier molecular flexibility index (Phi) is 3.68. The van der Waals surface area contributed by atoms with Crippen molar-refractivity contribution in [1.29, 1.82) is 0 Å². The van der Waals surface area contributed by atoms with Crippen LogP contribution in [0, 0.1) is 0 Å². The first-order chi connectivity index (χ1) is 10.7. The lowest BCUT2D eigenvalue weighted by Gasteiger charge is -2.41. The molecule has 1 fully saturated rings. The normalized spacial score (nSPS) is 18.3. The fourth-order valence-corrected chi connectivity index (χ4v) is 3.56. The summed E-state index contributed by atoms with van der Waals surface area (Å²) in [5, 5.41) is -0.123. The van der Waals surface area contributed by atoms with Crippen LogP contribution in [-0.4, -0.2) is 60.2 Å². The molecule has 0 aliphatic carbocycles. The Morgan fingerprint density at radius 1 is 1.35 bits per heavy atom. The summed E-state index contributed by atoms with van der Waals surface area (Å²) in [5.41, 5.74) is 0.173. The summed E-state index contributed by atoms with van der Waals surface area (Å²) in [7, 11) is -3.55. The molecule has 0 atom stereocenters. The molecular weight excluding hydrogens is 318 g/mol. The van der Waals surface area contributed by atoms with Gasteiger partial charge in [0.15, 0.2) is 5.69 Å². The Bertz CT molecular complexity index is 870. The van der Waals surface area contributed by atoms with Gasteiger partial charge in [0, 0.05) is 19.0 Å². The van der Waals surface area contributed by atoms with Crippen LogP contribution in [0.4, 0.5) is 0 Å². The van der Waals surface area contributed by atoms with Gasteiger partial charge in [-0.3, -0.25) is 9.20 Å². The van der Waals surface area contributed by atoms with E-state index in [0.717, 1.165) is 6.26 Å². The molecule has 3 rings (SSSR count). The molecule has 1 aliphatic rings. The number of aromatic nitrogens is 2. The van der Waals surface area contributed by atoms with Gasteiger partial charge in [-0.25, -0.2) is 13.4 Å². The first-order valence-corrected chi connectivity index (χ1v) is 9.18. The lowest BCUT2D eigenvalue weighted by Crippen LogP contribution is -2.55. The van der Waals surface area contributed by atoms with Crippen molar-refractivity contribution in [3.63, 3.8) is 0 Å². The van der Waals surface area contributed by atoms with Gasteiger partial charge < -0.3 is 9.64 Å². The molecule has 3 heterocycles. The lowest BCUT2D eigenvalue weighted by molar-refractivity contribution is -0.0372. The molecular formula is C15H19N3O4S. The largest absolute Gasteiger partial charge is 0.377 e. The standard InChI is InChI=1S/C15H19N3O4S/c1-15(2)10-22-9-8-18(15)13(19)12-11-6-4-5-7-17(11)14(16-12)23(3,20)21/h4-7H,8-10H2,1-3H3. The summed E-state index contributed by atoms with van der Waals surface area (Å²) >= 11 is 0. The molecule has 0 bridgehead atoms. The molecule has 1 aliphatic heterocycles. The smallest absolute Gasteiger partial charge is 0.275 e. The Balaban J connectivity index is 2.15. The van der Waals surface area contributed by atoms with Gasteiger partial charge >= 0.3 is 0 Å². The van der Waals surface area contributed by atoms with Crippen molar-refractivity contribution in [1.82, 2.24) is 14.3 Å². The Labute approximate surface area is 134 Å². The van der Waals surface area contributed by atoms with E-state index in [1.807, 2.05) is 13.8 Å². The van der Waals surface area contributed by atoms with E-state index < -0.39 is 15.4 Å². The zero-order chi connectivity index (χ0) is 16.8. The van der Waals surface area contributed by atoms with E-state index in [9.17, 15) is 13.2 Å². The van der Waals surface area contributed by atoms with Crippen molar-refractivity contribution < 1.29 is 17.9 Å². The maximum absolute atomic E-state index is 13.0. The number of imidazole rings is 1. The molecule has 2 aromatic rings. The third-order valence-electron chi connectivity index (χ3n) is 3.94. The van der Waals surface area contributed by atoms with Crippen LogP contribution in [0.2, 0.25) is 0 Å². The average Bonchev–Trinajstić information content (AvgIpc) is 2.86. The Hall–Kier alpha value is -1.93. The van der Waals surface area contributed by atoms with E-state index in [1.165, 1.54) is 4.40 Å². The van der Waals surface area contributed by atoms with E-state index in [2.05, 4.69) is 4.98 Å². The highest BCUT2D eigenvalue weighted by Crippen LogP contribution is 2.24. The molecule has 0 radical (unpaired) electrons. The van der Waals surface area contributed by atoms with Crippen molar-refractivity contribution in [2.45, 2.75) is 24.5 Å². The number of pyridine rings is 1. The molecule has 23 heavy (non-hydrogen) atoms. The predicted octanol–water partition coefficient (Wildman–Crippen LogP) is 0.989. The topological polar surface area (TPSA) is 81.0 Å². The third-order valence-corrected chi connectivity index (χ3v) is 4.89. The van der Waals surface area contributed by atoms with Gasteiger partial charge in [-0.15, -0.1) is 0 Å². The molecule has 0 saturated carbocycles. The number of fused-ring (bicyclic) bond motifs is 1. The maximum Gasteiger partial charge on any atom is 0.275 e. The third kappa shape index (κ3) is 2.72.